The first-order valence-corrected chi connectivity index (χ1v) is 8.19. The van der Waals surface area contributed by atoms with E-state index in [0.717, 1.165) is 25.8 Å². The summed E-state index contributed by atoms with van der Waals surface area (Å²) in [4.78, 5) is 1.40. The lowest BCUT2D eigenvalue weighted by Gasteiger charge is -2.36. The Morgan fingerprint density at radius 2 is 2.17 bits per heavy atom. The monoisotopic (exact) mass is 333 g/mol. The van der Waals surface area contributed by atoms with Crippen LogP contribution in [0.3, 0.4) is 0 Å². The third-order valence-electron chi connectivity index (χ3n) is 3.58. The Hall–Kier alpha value is 0.1000. The highest BCUT2D eigenvalue weighted by atomic mass is 79.9. The van der Waals surface area contributed by atoms with Crippen LogP contribution in [-0.4, -0.2) is 25.3 Å². The van der Waals surface area contributed by atoms with Crippen LogP contribution in [0.5, 0.6) is 0 Å². The molecule has 104 valence electrons. The maximum atomic E-state index is 5.76. The third kappa shape index (κ3) is 4.34. The van der Waals surface area contributed by atoms with Crippen molar-refractivity contribution in [3.63, 3.8) is 0 Å². The largest absolute Gasteiger partial charge is 0.377 e. The van der Waals surface area contributed by atoms with Crippen LogP contribution in [0.1, 0.15) is 38.5 Å². The molecule has 0 spiro atoms. The smallest absolute Gasteiger partial charge is 0.0803 e. The summed E-state index contributed by atoms with van der Waals surface area (Å²) in [5.41, 5.74) is -0.106. The van der Waals surface area contributed by atoms with Gasteiger partial charge in [0.15, 0.2) is 0 Å². The predicted molar refractivity (Wildman–Crippen MR) is 83.5 cm³/mol. The van der Waals surface area contributed by atoms with Gasteiger partial charge in [0.1, 0.15) is 0 Å². The Bertz CT molecular complexity index is 349. The van der Waals surface area contributed by atoms with Gasteiger partial charge in [-0.25, -0.2) is 0 Å². The van der Waals surface area contributed by atoms with Crippen LogP contribution in [0.4, 0.5) is 0 Å². The number of methoxy groups -OCH3 is 1. The third-order valence-corrected chi connectivity index (χ3v) is 5.23. The minimum Gasteiger partial charge on any atom is -0.377 e. The van der Waals surface area contributed by atoms with Gasteiger partial charge in [0, 0.05) is 18.0 Å². The van der Waals surface area contributed by atoms with Gasteiger partial charge in [0.05, 0.1) is 9.39 Å². The summed E-state index contributed by atoms with van der Waals surface area (Å²) in [6.45, 7) is 7.62. The Labute approximate surface area is 123 Å². The summed E-state index contributed by atoms with van der Waals surface area (Å²) in [6, 6.07) is 4.67. The molecule has 18 heavy (non-hydrogen) atoms. The number of nitrogens with one attached hydrogen (secondary N) is 1. The van der Waals surface area contributed by atoms with E-state index < -0.39 is 0 Å². The van der Waals surface area contributed by atoms with Gasteiger partial charge in [0.2, 0.25) is 0 Å². The van der Waals surface area contributed by atoms with E-state index in [2.05, 4.69) is 54.2 Å². The zero-order valence-electron chi connectivity index (χ0n) is 11.8. The highest BCUT2D eigenvalue weighted by Crippen LogP contribution is 2.27. The molecule has 0 amide bonds. The number of ether oxygens (including phenoxy) is 1. The SMILES string of the molecule is CCCNC(Cc1ccc(Br)s1)C(C)(CC)OC. The molecule has 1 aromatic heterocycles. The van der Waals surface area contributed by atoms with Gasteiger partial charge < -0.3 is 10.1 Å². The predicted octanol–water partition coefficient (Wildman–Crippen LogP) is 4.24. The molecule has 1 aromatic rings. The molecule has 0 bridgehead atoms. The van der Waals surface area contributed by atoms with E-state index in [4.69, 9.17) is 4.74 Å². The van der Waals surface area contributed by atoms with Crippen LogP contribution >= 0.6 is 27.3 Å². The summed E-state index contributed by atoms with van der Waals surface area (Å²) >= 11 is 5.33. The molecule has 0 aromatic carbocycles. The first-order valence-electron chi connectivity index (χ1n) is 6.58. The van der Waals surface area contributed by atoms with Crippen molar-refractivity contribution in [2.45, 2.75) is 51.7 Å². The van der Waals surface area contributed by atoms with Gasteiger partial charge in [-0.15, -0.1) is 11.3 Å². The van der Waals surface area contributed by atoms with Crippen molar-refractivity contribution in [2.75, 3.05) is 13.7 Å². The van der Waals surface area contributed by atoms with Crippen LogP contribution in [0, 0.1) is 0 Å². The lowest BCUT2D eigenvalue weighted by molar-refractivity contribution is -0.0285. The zero-order valence-corrected chi connectivity index (χ0v) is 14.2. The Balaban J connectivity index is 2.77. The number of halogens is 1. The van der Waals surface area contributed by atoms with Crippen LogP contribution < -0.4 is 5.32 Å². The summed E-state index contributed by atoms with van der Waals surface area (Å²) in [5, 5.41) is 3.64. The van der Waals surface area contributed by atoms with Crippen molar-refractivity contribution >= 4 is 27.3 Å². The number of rotatable bonds is 8. The standard InChI is InChI=1S/C14H24BrNOS/c1-5-9-16-12(14(3,6-2)17-4)10-11-7-8-13(15)18-11/h7-8,12,16H,5-6,9-10H2,1-4H3. The summed E-state index contributed by atoms with van der Waals surface area (Å²) < 4.78 is 6.95. The van der Waals surface area contributed by atoms with Crippen LogP contribution in [0.15, 0.2) is 15.9 Å². The minimum atomic E-state index is -0.106. The van der Waals surface area contributed by atoms with E-state index in [1.54, 1.807) is 0 Å². The van der Waals surface area contributed by atoms with Gasteiger partial charge >= 0.3 is 0 Å². The fourth-order valence-corrected chi connectivity index (χ4v) is 3.55. The molecule has 0 aliphatic carbocycles. The van der Waals surface area contributed by atoms with E-state index in [1.165, 1.54) is 8.66 Å². The molecule has 2 atom stereocenters. The van der Waals surface area contributed by atoms with Crippen molar-refractivity contribution in [3.8, 4) is 0 Å². The highest BCUT2D eigenvalue weighted by Gasteiger charge is 2.32. The molecule has 4 heteroatoms. The molecular weight excluding hydrogens is 310 g/mol. The Kier molecular flexibility index (Phi) is 6.85. The highest BCUT2D eigenvalue weighted by molar-refractivity contribution is 9.11. The van der Waals surface area contributed by atoms with E-state index in [0.29, 0.717) is 6.04 Å². The van der Waals surface area contributed by atoms with Crippen molar-refractivity contribution in [1.29, 1.82) is 0 Å². The fraction of sp³-hybridized carbons (Fsp3) is 0.714. The van der Waals surface area contributed by atoms with Gasteiger partial charge in [-0.05, 0) is 60.8 Å². The first-order chi connectivity index (χ1) is 8.55. The normalized spacial score (nSPS) is 16.5. The van der Waals surface area contributed by atoms with Crippen LogP contribution in [0.25, 0.3) is 0 Å². The van der Waals surface area contributed by atoms with Crippen molar-refractivity contribution in [3.05, 3.63) is 20.8 Å². The molecule has 0 fully saturated rings. The minimum absolute atomic E-state index is 0.106. The number of thiophene rings is 1. The number of hydrogen-bond acceptors (Lipinski definition) is 3. The first kappa shape index (κ1) is 16.2. The molecule has 0 aliphatic heterocycles. The molecule has 0 saturated heterocycles. The molecule has 2 nitrogen and oxygen atoms in total. The fourth-order valence-electron chi connectivity index (χ4n) is 2.02. The quantitative estimate of drug-likeness (QED) is 0.768. The molecule has 0 radical (unpaired) electrons. The van der Waals surface area contributed by atoms with Crippen LogP contribution in [0.2, 0.25) is 0 Å². The van der Waals surface area contributed by atoms with Crippen molar-refractivity contribution in [1.82, 2.24) is 5.32 Å². The molecule has 1 rings (SSSR count). The summed E-state index contributed by atoms with van der Waals surface area (Å²) in [5.74, 6) is 0. The second-order valence-corrected chi connectivity index (χ2v) is 7.33. The van der Waals surface area contributed by atoms with Gasteiger partial charge in [-0.3, -0.25) is 0 Å². The molecule has 1 heterocycles. The second kappa shape index (κ2) is 7.63. The van der Waals surface area contributed by atoms with Crippen molar-refractivity contribution < 1.29 is 4.74 Å². The maximum Gasteiger partial charge on any atom is 0.0803 e. The van der Waals surface area contributed by atoms with Crippen LogP contribution in [-0.2, 0) is 11.2 Å². The zero-order chi connectivity index (χ0) is 13.6. The van der Waals surface area contributed by atoms with E-state index in [-0.39, 0.29) is 5.60 Å². The van der Waals surface area contributed by atoms with Gasteiger partial charge in [-0.2, -0.15) is 0 Å². The van der Waals surface area contributed by atoms with Crippen molar-refractivity contribution in [2.24, 2.45) is 0 Å². The molecule has 0 saturated carbocycles. The Morgan fingerprint density at radius 1 is 1.44 bits per heavy atom. The second-order valence-electron chi connectivity index (χ2n) is 4.79. The lowest BCUT2D eigenvalue weighted by atomic mass is 9.90. The maximum absolute atomic E-state index is 5.76. The summed E-state index contributed by atoms with van der Waals surface area (Å²) in [7, 11) is 1.81. The topological polar surface area (TPSA) is 21.3 Å². The van der Waals surface area contributed by atoms with E-state index in [1.807, 2.05) is 18.4 Å². The average molecular weight is 334 g/mol. The number of hydrogen-bond donors (Lipinski definition) is 1. The average Bonchev–Trinajstić information content (AvgIpc) is 2.79. The molecular formula is C14H24BrNOS. The summed E-state index contributed by atoms with van der Waals surface area (Å²) in [6.07, 6.45) is 3.18. The Morgan fingerprint density at radius 3 is 2.61 bits per heavy atom. The molecule has 0 aliphatic rings. The van der Waals surface area contributed by atoms with Gasteiger partial charge in [-0.1, -0.05) is 13.8 Å². The van der Waals surface area contributed by atoms with Gasteiger partial charge in [0.25, 0.3) is 0 Å². The molecule has 2 unspecified atom stereocenters. The molecule has 1 N–H and O–H groups in total. The lowest BCUT2D eigenvalue weighted by Crippen LogP contribution is -2.51. The van der Waals surface area contributed by atoms with E-state index >= 15 is 0 Å². The van der Waals surface area contributed by atoms with E-state index in [9.17, 15) is 0 Å².